The maximum atomic E-state index is 11.7. The zero-order valence-electron chi connectivity index (χ0n) is 12.9. The SMILES string of the molecule is CC(C)NC(C)(CCN1C[C@@H](C)O[C@@H](C)C1)C(N)=O. The van der Waals surface area contributed by atoms with Crippen LogP contribution in [-0.4, -0.2) is 54.2 Å². The molecule has 19 heavy (non-hydrogen) atoms. The van der Waals surface area contributed by atoms with Crippen molar-refractivity contribution in [2.75, 3.05) is 19.6 Å². The van der Waals surface area contributed by atoms with Gasteiger partial charge in [-0.2, -0.15) is 0 Å². The molecule has 1 amide bonds. The first-order valence-corrected chi connectivity index (χ1v) is 7.18. The van der Waals surface area contributed by atoms with E-state index in [4.69, 9.17) is 10.5 Å². The lowest BCUT2D eigenvalue weighted by molar-refractivity contribution is -0.124. The lowest BCUT2D eigenvalue weighted by Crippen LogP contribution is -2.57. The van der Waals surface area contributed by atoms with Gasteiger partial charge in [0, 0.05) is 25.7 Å². The van der Waals surface area contributed by atoms with Crippen LogP contribution in [0.15, 0.2) is 0 Å². The number of primary amides is 1. The van der Waals surface area contributed by atoms with Gasteiger partial charge in [0.2, 0.25) is 5.91 Å². The molecule has 5 heteroatoms. The highest BCUT2D eigenvalue weighted by atomic mass is 16.5. The van der Waals surface area contributed by atoms with Gasteiger partial charge in [-0.3, -0.25) is 9.69 Å². The van der Waals surface area contributed by atoms with E-state index in [0.29, 0.717) is 0 Å². The predicted molar refractivity (Wildman–Crippen MR) is 76.9 cm³/mol. The molecule has 3 N–H and O–H groups in total. The molecule has 0 aliphatic carbocycles. The second-order valence-electron chi connectivity index (χ2n) is 6.26. The Morgan fingerprint density at radius 1 is 1.42 bits per heavy atom. The van der Waals surface area contributed by atoms with Gasteiger partial charge < -0.3 is 15.8 Å². The molecule has 0 saturated carbocycles. The standard InChI is InChI=1S/C14H29N3O2/c1-10(2)16-14(5,13(15)18)6-7-17-8-11(3)19-12(4)9-17/h10-12,16H,6-9H2,1-5H3,(H2,15,18)/t11-,12+,14?. The Hall–Kier alpha value is -0.650. The van der Waals surface area contributed by atoms with Crippen LogP contribution in [0.4, 0.5) is 0 Å². The molecule has 1 saturated heterocycles. The minimum Gasteiger partial charge on any atom is -0.373 e. The van der Waals surface area contributed by atoms with E-state index in [2.05, 4.69) is 24.1 Å². The number of hydrogen-bond donors (Lipinski definition) is 2. The Kier molecular flexibility index (Phi) is 5.77. The van der Waals surface area contributed by atoms with Gasteiger partial charge in [0.1, 0.15) is 0 Å². The molecule has 1 rings (SSSR count). The third-order valence-corrected chi connectivity index (χ3v) is 3.57. The number of carbonyl (C=O) groups excluding carboxylic acids is 1. The van der Waals surface area contributed by atoms with E-state index in [-0.39, 0.29) is 24.2 Å². The fourth-order valence-corrected chi connectivity index (χ4v) is 2.75. The van der Waals surface area contributed by atoms with Gasteiger partial charge in [0.15, 0.2) is 0 Å². The summed E-state index contributed by atoms with van der Waals surface area (Å²) in [6.45, 7) is 12.8. The zero-order chi connectivity index (χ0) is 14.6. The molecule has 5 nitrogen and oxygen atoms in total. The predicted octanol–water partition coefficient (Wildman–Crippen LogP) is 0.728. The Morgan fingerprint density at radius 2 is 1.95 bits per heavy atom. The number of morpholine rings is 1. The highest BCUT2D eigenvalue weighted by Crippen LogP contribution is 2.15. The van der Waals surface area contributed by atoms with Crippen LogP contribution in [0.3, 0.4) is 0 Å². The molecular formula is C14H29N3O2. The summed E-state index contributed by atoms with van der Waals surface area (Å²) in [6.07, 6.45) is 1.23. The number of nitrogens with zero attached hydrogens (tertiary/aromatic N) is 1. The average Bonchev–Trinajstić information content (AvgIpc) is 2.24. The van der Waals surface area contributed by atoms with Crippen LogP contribution >= 0.6 is 0 Å². The van der Waals surface area contributed by atoms with E-state index in [1.807, 2.05) is 20.8 Å². The number of hydrogen-bond acceptors (Lipinski definition) is 4. The van der Waals surface area contributed by atoms with Crippen molar-refractivity contribution in [2.45, 2.75) is 64.8 Å². The number of nitrogens with two attached hydrogens (primary N) is 1. The number of carbonyl (C=O) groups is 1. The van der Waals surface area contributed by atoms with Gasteiger partial charge >= 0.3 is 0 Å². The van der Waals surface area contributed by atoms with Gasteiger partial charge in [-0.05, 0) is 41.0 Å². The molecule has 3 atom stereocenters. The minimum absolute atomic E-state index is 0.236. The van der Waals surface area contributed by atoms with Crippen LogP contribution in [0.5, 0.6) is 0 Å². The lowest BCUT2D eigenvalue weighted by atomic mass is 9.95. The molecule has 112 valence electrons. The van der Waals surface area contributed by atoms with Crippen molar-refractivity contribution < 1.29 is 9.53 Å². The summed E-state index contributed by atoms with van der Waals surface area (Å²) in [4.78, 5) is 14.0. The fourth-order valence-electron chi connectivity index (χ4n) is 2.75. The Morgan fingerprint density at radius 3 is 2.37 bits per heavy atom. The zero-order valence-corrected chi connectivity index (χ0v) is 12.9. The Balaban J connectivity index is 2.54. The van der Waals surface area contributed by atoms with E-state index in [9.17, 15) is 4.79 Å². The first kappa shape index (κ1) is 16.4. The van der Waals surface area contributed by atoms with Crippen molar-refractivity contribution in [3.63, 3.8) is 0 Å². The van der Waals surface area contributed by atoms with Gasteiger partial charge in [-0.15, -0.1) is 0 Å². The van der Waals surface area contributed by atoms with Crippen molar-refractivity contribution in [3.8, 4) is 0 Å². The number of nitrogens with one attached hydrogen (secondary N) is 1. The third-order valence-electron chi connectivity index (χ3n) is 3.57. The minimum atomic E-state index is -0.640. The summed E-state index contributed by atoms with van der Waals surface area (Å²) in [5, 5.41) is 3.29. The summed E-state index contributed by atoms with van der Waals surface area (Å²) >= 11 is 0. The van der Waals surface area contributed by atoms with Crippen LogP contribution in [0.2, 0.25) is 0 Å². The van der Waals surface area contributed by atoms with Crippen molar-refractivity contribution in [1.29, 1.82) is 0 Å². The lowest BCUT2D eigenvalue weighted by Gasteiger charge is -2.38. The molecule has 0 aromatic heterocycles. The monoisotopic (exact) mass is 271 g/mol. The van der Waals surface area contributed by atoms with Crippen LogP contribution in [0.25, 0.3) is 0 Å². The largest absolute Gasteiger partial charge is 0.373 e. The molecule has 1 unspecified atom stereocenters. The smallest absolute Gasteiger partial charge is 0.237 e. The molecule has 1 heterocycles. The topological polar surface area (TPSA) is 67.6 Å². The van der Waals surface area contributed by atoms with Gasteiger partial charge in [0.25, 0.3) is 0 Å². The molecule has 0 aromatic carbocycles. The Labute approximate surface area is 116 Å². The maximum absolute atomic E-state index is 11.7. The highest BCUT2D eigenvalue weighted by molar-refractivity contribution is 5.84. The molecular weight excluding hydrogens is 242 g/mol. The Bertz CT molecular complexity index is 299. The maximum Gasteiger partial charge on any atom is 0.237 e. The van der Waals surface area contributed by atoms with E-state index in [0.717, 1.165) is 26.1 Å². The van der Waals surface area contributed by atoms with Crippen LogP contribution in [0, 0.1) is 0 Å². The molecule has 1 fully saturated rings. The molecule has 0 bridgehead atoms. The number of ether oxygens (including phenoxy) is 1. The van der Waals surface area contributed by atoms with Crippen molar-refractivity contribution in [1.82, 2.24) is 10.2 Å². The summed E-state index contributed by atoms with van der Waals surface area (Å²) in [5.74, 6) is -0.282. The van der Waals surface area contributed by atoms with Gasteiger partial charge in [0.05, 0.1) is 17.7 Å². The van der Waals surface area contributed by atoms with E-state index >= 15 is 0 Å². The highest BCUT2D eigenvalue weighted by Gasteiger charge is 2.32. The summed E-state index contributed by atoms with van der Waals surface area (Å²) in [6, 6.07) is 0.236. The van der Waals surface area contributed by atoms with Crippen molar-refractivity contribution in [2.24, 2.45) is 5.73 Å². The fraction of sp³-hybridized carbons (Fsp3) is 0.929. The van der Waals surface area contributed by atoms with E-state index in [1.165, 1.54) is 0 Å². The van der Waals surface area contributed by atoms with Crippen LogP contribution in [-0.2, 0) is 9.53 Å². The normalized spacial score (nSPS) is 28.3. The van der Waals surface area contributed by atoms with Gasteiger partial charge in [-0.1, -0.05) is 0 Å². The molecule has 0 spiro atoms. The van der Waals surface area contributed by atoms with Crippen molar-refractivity contribution in [3.05, 3.63) is 0 Å². The number of rotatable bonds is 6. The van der Waals surface area contributed by atoms with Gasteiger partial charge in [-0.25, -0.2) is 0 Å². The second-order valence-corrected chi connectivity index (χ2v) is 6.26. The van der Waals surface area contributed by atoms with Crippen molar-refractivity contribution >= 4 is 5.91 Å². The van der Waals surface area contributed by atoms with Crippen LogP contribution < -0.4 is 11.1 Å². The summed E-state index contributed by atoms with van der Waals surface area (Å²) in [5.41, 5.74) is 4.90. The van der Waals surface area contributed by atoms with E-state index in [1.54, 1.807) is 0 Å². The quantitative estimate of drug-likeness (QED) is 0.747. The first-order chi connectivity index (χ1) is 8.73. The van der Waals surface area contributed by atoms with Crippen LogP contribution in [0.1, 0.15) is 41.0 Å². The van der Waals surface area contributed by atoms with E-state index < -0.39 is 5.54 Å². The second kappa shape index (κ2) is 6.68. The average molecular weight is 271 g/mol. The molecule has 0 aromatic rings. The summed E-state index contributed by atoms with van der Waals surface area (Å²) in [7, 11) is 0. The molecule has 1 aliphatic heterocycles. The number of amides is 1. The summed E-state index contributed by atoms with van der Waals surface area (Å²) < 4.78 is 5.71. The molecule has 0 radical (unpaired) electrons. The molecule has 1 aliphatic rings. The first-order valence-electron chi connectivity index (χ1n) is 7.18. The third kappa shape index (κ3) is 5.09.